The number of fused-ring (bicyclic) bond motifs is 1. The van der Waals surface area contributed by atoms with E-state index in [0.717, 1.165) is 23.9 Å². The van der Waals surface area contributed by atoms with Crippen molar-refractivity contribution in [2.45, 2.75) is 58.0 Å². The van der Waals surface area contributed by atoms with Crippen LogP contribution in [-0.2, 0) is 0 Å². The fourth-order valence-corrected chi connectivity index (χ4v) is 5.98. The molecule has 0 amide bonds. The van der Waals surface area contributed by atoms with Crippen LogP contribution in [0.25, 0.3) is 0 Å². The molecule has 3 heteroatoms. The summed E-state index contributed by atoms with van der Waals surface area (Å²) in [5, 5.41) is 0. The van der Waals surface area contributed by atoms with Crippen molar-refractivity contribution >= 4 is 0 Å². The van der Waals surface area contributed by atoms with Gasteiger partial charge in [-0.1, -0.05) is 0 Å². The van der Waals surface area contributed by atoms with E-state index < -0.39 is 0 Å². The Balaban J connectivity index is 1.30. The van der Waals surface area contributed by atoms with E-state index in [2.05, 4.69) is 35.6 Å². The lowest BCUT2D eigenvalue weighted by molar-refractivity contribution is 0.0714. The van der Waals surface area contributed by atoms with Gasteiger partial charge in [0.2, 0.25) is 0 Å². The Morgan fingerprint density at radius 3 is 2.05 bits per heavy atom. The summed E-state index contributed by atoms with van der Waals surface area (Å²) in [6.07, 6.45) is 7.35. The summed E-state index contributed by atoms with van der Waals surface area (Å²) in [5.74, 6) is 2.02. The first-order valence-corrected chi connectivity index (χ1v) is 9.71. The average molecular weight is 306 g/mol. The lowest BCUT2D eigenvalue weighted by atomic mass is 9.77. The van der Waals surface area contributed by atoms with Gasteiger partial charge in [0.25, 0.3) is 0 Å². The van der Waals surface area contributed by atoms with Crippen LogP contribution >= 0.6 is 0 Å². The van der Waals surface area contributed by atoms with Crippen LogP contribution < -0.4 is 0 Å². The van der Waals surface area contributed by atoms with Crippen molar-refractivity contribution in [3.63, 3.8) is 0 Å². The maximum absolute atomic E-state index is 2.88. The quantitative estimate of drug-likeness (QED) is 0.776. The molecule has 22 heavy (non-hydrogen) atoms. The van der Waals surface area contributed by atoms with Crippen LogP contribution in [0.5, 0.6) is 0 Å². The van der Waals surface area contributed by atoms with Crippen molar-refractivity contribution in [1.82, 2.24) is 14.7 Å². The van der Waals surface area contributed by atoms with E-state index in [1.54, 1.807) is 0 Å². The molecule has 3 nitrogen and oxygen atoms in total. The molecule has 0 aromatic carbocycles. The van der Waals surface area contributed by atoms with E-state index in [1.807, 2.05) is 0 Å². The standard InChI is InChI=1S/C19H35N3/c1-15(2)22-9-6-19(14-22)4-7-21(8-5-19)18-10-16-12-20(3)13-17(16)11-18/h15-18H,4-14H2,1-3H3. The Morgan fingerprint density at radius 2 is 1.50 bits per heavy atom. The minimum atomic E-state index is 0.676. The number of nitrogens with zero attached hydrogens (tertiary/aromatic N) is 3. The first kappa shape index (κ1) is 15.4. The minimum Gasteiger partial charge on any atom is -0.306 e. The highest BCUT2D eigenvalue weighted by atomic mass is 15.2. The van der Waals surface area contributed by atoms with Gasteiger partial charge in [0, 0.05) is 31.7 Å². The minimum absolute atomic E-state index is 0.676. The Morgan fingerprint density at radius 1 is 0.909 bits per heavy atom. The second-order valence-electron chi connectivity index (χ2n) is 9.22. The molecule has 3 heterocycles. The van der Waals surface area contributed by atoms with Crippen LogP contribution in [0.15, 0.2) is 0 Å². The predicted molar refractivity (Wildman–Crippen MR) is 92.1 cm³/mol. The van der Waals surface area contributed by atoms with E-state index >= 15 is 0 Å². The van der Waals surface area contributed by atoms with Crippen molar-refractivity contribution in [3.8, 4) is 0 Å². The summed E-state index contributed by atoms with van der Waals surface area (Å²) >= 11 is 0. The summed E-state index contributed by atoms with van der Waals surface area (Å²) in [4.78, 5) is 8.14. The van der Waals surface area contributed by atoms with Gasteiger partial charge < -0.3 is 14.7 Å². The molecule has 2 unspecified atom stereocenters. The molecule has 1 saturated carbocycles. The largest absolute Gasteiger partial charge is 0.306 e. The van der Waals surface area contributed by atoms with Gasteiger partial charge >= 0.3 is 0 Å². The van der Waals surface area contributed by atoms with Crippen molar-refractivity contribution in [1.29, 1.82) is 0 Å². The van der Waals surface area contributed by atoms with Crippen LogP contribution in [-0.4, -0.2) is 73.1 Å². The number of rotatable bonds is 2. The number of piperidine rings is 1. The summed E-state index contributed by atoms with van der Waals surface area (Å²) in [6, 6.07) is 1.66. The van der Waals surface area contributed by atoms with E-state index in [-0.39, 0.29) is 0 Å². The first-order valence-electron chi connectivity index (χ1n) is 9.71. The van der Waals surface area contributed by atoms with Crippen molar-refractivity contribution in [3.05, 3.63) is 0 Å². The van der Waals surface area contributed by atoms with Gasteiger partial charge in [-0.25, -0.2) is 0 Å². The summed E-state index contributed by atoms with van der Waals surface area (Å²) in [5.41, 5.74) is 0.676. The Kier molecular flexibility index (Phi) is 4.03. The molecule has 3 saturated heterocycles. The van der Waals surface area contributed by atoms with Gasteiger partial charge in [-0.15, -0.1) is 0 Å². The van der Waals surface area contributed by atoms with Gasteiger partial charge in [-0.05, 0) is 89.9 Å². The fraction of sp³-hybridized carbons (Fsp3) is 1.00. The molecule has 3 aliphatic heterocycles. The van der Waals surface area contributed by atoms with Crippen LogP contribution in [0, 0.1) is 17.3 Å². The molecule has 0 aromatic heterocycles. The van der Waals surface area contributed by atoms with Gasteiger partial charge in [0.1, 0.15) is 0 Å². The molecule has 0 N–H and O–H groups in total. The summed E-state index contributed by atoms with van der Waals surface area (Å²) < 4.78 is 0. The van der Waals surface area contributed by atoms with Gasteiger partial charge in [0.05, 0.1) is 0 Å². The van der Waals surface area contributed by atoms with Gasteiger partial charge in [-0.3, -0.25) is 0 Å². The lowest BCUT2D eigenvalue weighted by Gasteiger charge is -2.42. The molecule has 4 rings (SSSR count). The molecule has 2 atom stereocenters. The average Bonchev–Trinajstić information content (AvgIpc) is 3.13. The maximum atomic E-state index is 2.88. The monoisotopic (exact) mass is 305 g/mol. The molecular weight excluding hydrogens is 270 g/mol. The van der Waals surface area contributed by atoms with Crippen molar-refractivity contribution in [2.75, 3.05) is 46.3 Å². The molecule has 4 fully saturated rings. The smallest absolute Gasteiger partial charge is 0.0102 e. The molecule has 0 bridgehead atoms. The van der Waals surface area contributed by atoms with Crippen LogP contribution in [0.3, 0.4) is 0 Å². The first-order chi connectivity index (χ1) is 10.5. The number of likely N-dealkylation sites (tertiary alicyclic amines) is 3. The molecular formula is C19H35N3. The third kappa shape index (κ3) is 2.74. The topological polar surface area (TPSA) is 9.72 Å². The third-order valence-electron chi connectivity index (χ3n) is 7.48. The number of hydrogen-bond acceptors (Lipinski definition) is 3. The van der Waals surface area contributed by atoms with Crippen LogP contribution in [0.4, 0.5) is 0 Å². The second kappa shape index (κ2) is 5.75. The van der Waals surface area contributed by atoms with Gasteiger partial charge in [-0.2, -0.15) is 0 Å². The Bertz CT molecular complexity index is 385. The molecule has 1 spiro atoms. The third-order valence-corrected chi connectivity index (χ3v) is 7.48. The summed E-state index contributed by atoms with van der Waals surface area (Å²) in [7, 11) is 2.30. The highest BCUT2D eigenvalue weighted by molar-refractivity contribution is 4.99. The maximum Gasteiger partial charge on any atom is 0.0102 e. The van der Waals surface area contributed by atoms with Crippen molar-refractivity contribution in [2.24, 2.45) is 17.3 Å². The van der Waals surface area contributed by atoms with Crippen LogP contribution in [0.2, 0.25) is 0 Å². The van der Waals surface area contributed by atoms with Crippen molar-refractivity contribution < 1.29 is 0 Å². The SMILES string of the molecule is CC(C)N1CCC2(CCN(C3CC4CN(C)CC4C3)CC2)C1. The predicted octanol–water partition coefficient (Wildman–Crippen LogP) is 2.52. The Hall–Kier alpha value is -0.120. The highest BCUT2D eigenvalue weighted by Crippen LogP contribution is 2.44. The summed E-state index contributed by atoms with van der Waals surface area (Å²) in [6.45, 7) is 12.9. The molecule has 4 aliphatic rings. The fourth-order valence-electron chi connectivity index (χ4n) is 5.98. The van der Waals surface area contributed by atoms with E-state index in [1.165, 1.54) is 71.4 Å². The number of hydrogen-bond donors (Lipinski definition) is 0. The molecule has 0 radical (unpaired) electrons. The molecule has 126 valence electrons. The normalized spacial score (nSPS) is 40.1. The zero-order valence-corrected chi connectivity index (χ0v) is 14.9. The molecule has 0 aromatic rings. The lowest BCUT2D eigenvalue weighted by Crippen LogP contribution is -2.46. The van der Waals surface area contributed by atoms with Gasteiger partial charge in [0.15, 0.2) is 0 Å². The van der Waals surface area contributed by atoms with E-state index in [9.17, 15) is 0 Å². The molecule has 1 aliphatic carbocycles. The second-order valence-corrected chi connectivity index (χ2v) is 9.22. The van der Waals surface area contributed by atoms with E-state index in [0.29, 0.717) is 5.41 Å². The highest BCUT2D eigenvalue weighted by Gasteiger charge is 2.45. The van der Waals surface area contributed by atoms with Crippen LogP contribution in [0.1, 0.15) is 46.0 Å². The Labute approximate surface area is 137 Å². The zero-order chi connectivity index (χ0) is 15.3. The zero-order valence-electron chi connectivity index (χ0n) is 14.9. The van der Waals surface area contributed by atoms with E-state index in [4.69, 9.17) is 0 Å².